The third kappa shape index (κ3) is 5.08. The predicted molar refractivity (Wildman–Crippen MR) is 85.7 cm³/mol. The molecule has 0 spiro atoms. The highest BCUT2D eigenvalue weighted by Gasteiger charge is 2.12. The van der Waals surface area contributed by atoms with Gasteiger partial charge in [0.05, 0.1) is 0 Å². The zero-order valence-corrected chi connectivity index (χ0v) is 14.0. The summed E-state index contributed by atoms with van der Waals surface area (Å²) in [5, 5.41) is 3.41. The van der Waals surface area contributed by atoms with E-state index in [1.54, 1.807) is 11.8 Å². The van der Waals surface area contributed by atoms with E-state index in [9.17, 15) is 9.59 Å². The molecule has 0 bridgehead atoms. The van der Waals surface area contributed by atoms with Crippen LogP contribution in [-0.4, -0.2) is 39.8 Å². The lowest BCUT2D eigenvalue weighted by Crippen LogP contribution is -2.43. The molecule has 0 aliphatic carbocycles. The first-order valence-electron chi connectivity index (χ1n) is 7.18. The summed E-state index contributed by atoms with van der Waals surface area (Å²) in [6.45, 7) is 7.44. The van der Waals surface area contributed by atoms with Crippen LogP contribution in [0.1, 0.15) is 32.4 Å². The summed E-state index contributed by atoms with van der Waals surface area (Å²) in [6, 6.07) is 1.33. The third-order valence-electron chi connectivity index (χ3n) is 2.95. The number of aromatic nitrogens is 2. The highest BCUT2D eigenvalue weighted by Crippen LogP contribution is 2.09. The normalized spacial score (nSPS) is 10.5. The van der Waals surface area contributed by atoms with Gasteiger partial charge in [0.15, 0.2) is 5.16 Å². The molecule has 0 unspecified atom stereocenters. The first kappa shape index (κ1) is 17.6. The van der Waals surface area contributed by atoms with Gasteiger partial charge in [-0.25, -0.2) is 9.78 Å². The molecule has 0 atom stereocenters. The van der Waals surface area contributed by atoms with Gasteiger partial charge in [-0.05, 0) is 26.0 Å². The Morgan fingerprint density at radius 3 is 2.52 bits per heavy atom. The summed E-state index contributed by atoms with van der Waals surface area (Å²) in [7, 11) is 0. The van der Waals surface area contributed by atoms with E-state index in [0.717, 1.165) is 25.9 Å². The lowest BCUT2D eigenvalue weighted by Gasteiger charge is -2.22. The molecular formula is C14H24N4O2S. The topological polar surface area (TPSA) is 67.2 Å². The van der Waals surface area contributed by atoms with Crippen molar-refractivity contribution in [3.63, 3.8) is 0 Å². The molecule has 6 nitrogen and oxygen atoms in total. The number of nitrogens with zero attached hydrogens (tertiary/aromatic N) is 3. The Hall–Kier alpha value is -1.50. The van der Waals surface area contributed by atoms with Crippen LogP contribution in [0.3, 0.4) is 0 Å². The Morgan fingerprint density at radius 2 is 2.00 bits per heavy atom. The largest absolute Gasteiger partial charge is 0.325 e. The summed E-state index contributed by atoms with van der Waals surface area (Å²) in [5.41, 5.74) is 0.537. The number of thioether (sulfide) groups is 1. The Balaban J connectivity index is 2.78. The van der Waals surface area contributed by atoms with Crippen molar-refractivity contribution in [2.24, 2.45) is 0 Å². The number of hydrogen-bond acceptors (Lipinski definition) is 4. The lowest BCUT2D eigenvalue weighted by molar-refractivity contribution is 0.194. The molecule has 0 saturated heterocycles. The third-order valence-corrected chi connectivity index (χ3v) is 3.62. The second-order valence-corrected chi connectivity index (χ2v) is 5.55. The van der Waals surface area contributed by atoms with Crippen LogP contribution < -0.4 is 10.9 Å². The van der Waals surface area contributed by atoms with Crippen molar-refractivity contribution < 1.29 is 4.79 Å². The summed E-state index contributed by atoms with van der Waals surface area (Å²) < 4.78 is 1.48. The summed E-state index contributed by atoms with van der Waals surface area (Å²) >= 11 is 1.39. The summed E-state index contributed by atoms with van der Waals surface area (Å²) in [4.78, 5) is 30.2. The van der Waals surface area contributed by atoms with Gasteiger partial charge in [0.2, 0.25) is 0 Å². The van der Waals surface area contributed by atoms with E-state index in [1.807, 2.05) is 20.1 Å². The van der Waals surface area contributed by atoms with Gasteiger partial charge < -0.3 is 10.2 Å². The van der Waals surface area contributed by atoms with Gasteiger partial charge in [0, 0.05) is 24.8 Å². The number of rotatable bonds is 7. The zero-order valence-electron chi connectivity index (χ0n) is 13.2. The van der Waals surface area contributed by atoms with Crippen molar-refractivity contribution in [1.82, 2.24) is 19.8 Å². The Kier molecular flexibility index (Phi) is 7.28. The minimum atomic E-state index is -0.148. The maximum atomic E-state index is 12.1. The summed E-state index contributed by atoms with van der Waals surface area (Å²) in [6.07, 6.45) is 3.69. The van der Waals surface area contributed by atoms with Gasteiger partial charge in [-0.3, -0.25) is 9.36 Å². The van der Waals surface area contributed by atoms with Gasteiger partial charge in [0.1, 0.15) is 6.67 Å². The Bertz CT molecular complexity index is 524. The van der Waals surface area contributed by atoms with Crippen molar-refractivity contribution in [1.29, 1.82) is 0 Å². The molecule has 0 aliphatic heterocycles. The molecule has 7 heteroatoms. The van der Waals surface area contributed by atoms with Gasteiger partial charge in [-0.15, -0.1) is 0 Å². The van der Waals surface area contributed by atoms with E-state index in [2.05, 4.69) is 10.3 Å². The van der Waals surface area contributed by atoms with Crippen LogP contribution in [0.2, 0.25) is 0 Å². The van der Waals surface area contributed by atoms with E-state index in [-0.39, 0.29) is 18.3 Å². The lowest BCUT2D eigenvalue weighted by atomic mass is 10.4. The number of amides is 2. The highest BCUT2D eigenvalue weighted by atomic mass is 32.2. The quantitative estimate of drug-likeness (QED) is 0.618. The van der Waals surface area contributed by atoms with Crippen LogP contribution in [0.25, 0.3) is 0 Å². The van der Waals surface area contributed by atoms with Crippen LogP contribution in [0.4, 0.5) is 4.79 Å². The van der Waals surface area contributed by atoms with Crippen LogP contribution in [-0.2, 0) is 6.67 Å². The zero-order chi connectivity index (χ0) is 15.8. The predicted octanol–water partition coefficient (Wildman–Crippen LogP) is 2.06. The highest BCUT2D eigenvalue weighted by molar-refractivity contribution is 7.98. The smallest absolute Gasteiger partial charge is 0.318 e. The van der Waals surface area contributed by atoms with Crippen LogP contribution >= 0.6 is 11.8 Å². The Labute approximate surface area is 129 Å². The summed E-state index contributed by atoms with van der Waals surface area (Å²) in [5.74, 6) is 0. The molecule has 0 aliphatic rings. The van der Waals surface area contributed by atoms with E-state index < -0.39 is 0 Å². The van der Waals surface area contributed by atoms with Crippen LogP contribution in [0.15, 0.2) is 16.0 Å². The molecule has 0 aromatic carbocycles. The van der Waals surface area contributed by atoms with Crippen LogP contribution in [0.5, 0.6) is 0 Å². The molecule has 1 N–H and O–H groups in total. The molecule has 1 aromatic rings. The number of urea groups is 1. The van der Waals surface area contributed by atoms with Gasteiger partial charge in [-0.1, -0.05) is 25.6 Å². The number of hydrogen-bond donors (Lipinski definition) is 1. The van der Waals surface area contributed by atoms with E-state index in [1.165, 1.54) is 22.4 Å². The molecule has 21 heavy (non-hydrogen) atoms. The van der Waals surface area contributed by atoms with Gasteiger partial charge in [0.25, 0.3) is 5.56 Å². The van der Waals surface area contributed by atoms with Gasteiger partial charge >= 0.3 is 6.03 Å². The van der Waals surface area contributed by atoms with E-state index in [4.69, 9.17) is 0 Å². The first-order valence-corrected chi connectivity index (χ1v) is 8.41. The molecule has 1 heterocycles. The number of aryl methyl sites for hydroxylation is 1. The molecule has 1 rings (SSSR count). The molecular weight excluding hydrogens is 288 g/mol. The van der Waals surface area contributed by atoms with Crippen molar-refractivity contribution in [3.8, 4) is 0 Å². The van der Waals surface area contributed by atoms with Crippen molar-refractivity contribution in [2.75, 3.05) is 19.3 Å². The second kappa shape index (κ2) is 8.71. The van der Waals surface area contributed by atoms with Crippen LogP contribution in [0, 0.1) is 6.92 Å². The number of nitrogens with one attached hydrogen (secondary N) is 1. The molecule has 0 radical (unpaired) electrons. The average Bonchev–Trinajstić information content (AvgIpc) is 2.45. The standard InChI is InChI=1S/C14H24N4O2S/c1-5-7-17(8-6-2)13(20)15-10-18-12(19)9-11(3)16-14(18)21-4/h9H,5-8,10H2,1-4H3,(H,15,20). The fraction of sp³-hybridized carbons (Fsp3) is 0.643. The fourth-order valence-electron chi connectivity index (χ4n) is 2.01. The number of carbonyl (C=O) groups is 1. The first-order chi connectivity index (χ1) is 10.0. The monoisotopic (exact) mass is 312 g/mol. The minimum Gasteiger partial charge on any atom is -0.325 e. The fourth-order valence-corrected chi connectivity index (χ4v) is 2.62. The maximum Gasteiger partial charge on any atom is 0.318 e. The Morgan fingerprint density at radius 1 is 1.38 bits per heavy atom. The SMILES string of the molecule is CCCN(CCC)C(=O)NCn1c(SC)nc(C)cc1=O. The average molecular weight is 312 g/mol. The molecule has 2 amide bonds. The van der Waals surface area contributed by atoms with Crippen molar-refractivity contribution in [3.05, 3.63) is 22.1 Å². The molecule has 118 valence electrons. The minimum absolute atomic E-state index is 0.141. The van der Waals surface area contributed by atoms with E-state index >= 15 is 0 Å². The van der Waals surface area contributed by atoms with E-state index in [0.29, 0.717) is 10.9 Å². The maximum absolute atomic E-state index is 12.1. The number of carbonyl (C=O) groups excluding carboxylic acids is 1. The van der Waals surface area contributed by atoms with Crippen molar-refractivity contribution in [2.45, 2.75) is 45.4 Å². The van der Waals surface area contributed by atoms with Gasteiger partial charge in [-0.2, -0.15) is 0 Å². The van der Waals surface area contributed by atoms with Crippen molar-refractivity contribution >= 4 is 17.8 Å². The molecule has 0 fully saturated rings. The molecule has 0 saturated carbocycles. The second-order valence-electron chi connectivity index (χ2n) is 4.78. The molecule has 1 aromatic heterocycles.